The molecular formula is C17H24N2O4. The standard InChI is InChI=1S/C17H24N2O4/c1-5-17(2,3)19-16(21)9-7-12-6-8-13(14(10-12)22-4)23-11-15(18)20/h6-10H,5,11H2,1-4H3,(H2,18,20)(H,19,21)/b9-7+. The predicted molar refractivity (Wildman–Crippen MR) is 89.2 cm³/mol. The van der Waals surface area contributed by atoms with Crippen LogP contribution in [0.25, 0.3) is 6.08 Å². The molecule has 1 aromatic carbocycles. The highest BCUT2D eigenvalue weighted by Crippen LogP contribution is 2.28. The Morgan fingerprint density at radius 1 is 1.30 bits per heavy atom. The maximum absolute atomic E-state index is 11.9. The van der Waals surface area contributed by atoms with Gasteiger partial charge in [0.05, 0.1) is 7.11 Å². The van der Waals surface area contributed by atoms with E-state index >= 15 is 0 Å². The molecule has 0 aliphatic rings. The Kier molecular flexibility index (Phi) is 6.63. The van der Waals surface area contributed by atoms with E-state index in [9.17, 15) is 9.59 Å². The van der Waals surface area contributed by atoms with Gasteiger partial charge in [-0.25, -0.2) is 0 Å². The highest BCUT2D eigenvalue weighted by atomic mass is 16.5. The van der Waals surface area contributed by atoms with Crippen LogP contribution in [0.15, 0.2) is 24.3 Å². The maximum Gasteiger partial charge on any atom is 0.255 e. The Hall–Kier alpha value is -2.50. The van der Waals surface area contributed by atoms with Crippen LogP contribution in [-0.2, 0) is 9.59 Å². The number of primary amides is 1. The minimum Gasteiger partial charge on any atom is -0.493 e. The average Bonchev–Trinajstić information content (AvgIpc) is 2.50. The third-order valence-electron chi connectivity index (χ3n) is 3.33. The molecule has 3 N–H and O–H groups in total. The van der Waals surface area contributed by atoms with Crippen molar-refractivity contribution in [2.45, 2.75) is 32.7 Å². The van der Waals surface area contributed by atoms with Crippen LogP contribution in [0.2, 0.25) is 0 Å². The second-order valence-corrected chi connectivity index (χ2v) is 5.73. The van der Waals surface area contributed by atoms with Gasteiger partial charge in [0, 0.05) is 11.6 Å². The van der Waals surface area contributed by atoms with E-state index in [2.05, 4.69) is 5.32 Å². The first-order valence-corrected chi connectivity index (χ1v) is 7.37. The summed E-state index contributed by atoms with van der Waals surface area (Å²) in [5, 5.41) is 2.92. The molecule has 23 heavy (non-hydrogen) atoms. The van der Waals surface area contributed by atoms with E-state index in [1.54, 1.807) is 24.3 Å². The lowest BCUT2D eigenvalue weighted by atomic mass is 10.0. The first kappa shape index (κ1) is 18.5. The molecule has 0 fully saturated rings. The zero-order chi connectivity index (χ0) is 17.5. The van der Waals surface area contributed by atoms with Crippen LogP contribution >= 0.6 is 0 Å². The van der Waals surface area contributed by atoms with Gasteiger partial charge in [-0.1, -0.05) is 13.0 Å². The summed E-state index contributed by atoms with van der Waals surface area (Å²) in [5.41, 5.74) is 5.58. The van der Waals surface area contributed by atoms with Gasteiger partial charge in [-0.2, -0.15) is 0 Å². The molecule has 0 saturated carbocycles. The Labute approximate surface area is 136 Å². The summed E-state index contributed by atoms with van der Waals surface area (Å²) >= 11 is 0. The fraction of sp³-hybridized carbons (Fsp3) is 0.412. The molecule has 0 heterocycles. The summed E-state index contributed by atoms with van der Waals surface area (Å²) in [5.74, 6) is 0.152. The number of hydrogen-bond donors (Lipinski definition) is 2. The van der Waals surface area contributed by atoms with Crippen LogP contribution < -0.4 is 20.5 Å². The molecule has 2 amide bonds. The van der Waals surface area contributed by atoms with Gasteiger partial charge in [-0.15, -0.1) is 0 Å². The number of nitrogens with one attached hydrogen (secondary N) is 1. The smallest absolute Gasteiger partial charge is 0.255 e. The summed E-state index contributed by atoms with van der Waals surface area (Å²) < 4.78 is 10.5. The molecule has 126 valence electrons. The van der Waals surface area contributed by atoms with Crippen LogP contribution in [0.4, 0.5) is 0 Å². The Morgan fingerprint density at radius 3 is 2.57 bits per heavy atom. The maximum atomic E-state index is 11.9. The number of hydrogen-bond acceptors (Lipinski definition) is 4. The minimum absolute atomic E-state index is 0.162. The van der Waals surface area contributed by atoms with Gasteiger partial charge in [-0.05, 0) is 44.0 Å². The zero-order valence-electron chi connectivity index (χ0n) is 14.0. The molecule has 6 heteroatoms. The largest absolute Gasteiger partial charge is 0.493 e. The highest BCUT2D eigenvalue weighted by Gasteiger charge is 2.15. The van der Waals surface area contributed by atoms with Crippen molar-refractivity contribution in [3.63, 3.8) is 0 Å². The number of amides is 2. The average molecular weight is 320 g/mol. The van der Waals surface area contributed by atoms with Crippen LogP contribution in [0.1, 0.15) is 32.8 Å². The molecule has 1 aromatic rings. The predicted octanol–water partition coefficient (Wildman–Crippen LogP) is 1.88. The van der Waals surface area contributed by atoms with Gasteiger partial charge in [-0.3, -0.25) is 9.59 Å². The van der Waals surface area contributed by atoms with E-state index < -0.39 is 5.91 Å². The van der Waals surface area contributed by atoms with Gasteiger partial charge in [0.15, 0.2) is 18.1 Å². The summed E-state index contributed by atoms with van der Waals surface area (Å²) in [6.07, 6.45) is 3.99. The van der Waals surface area contributed by atoms with Gasteiger partial charge < -0.3 is 20.5 Å². The Balaban J connectivity index is 2.79. The van der Waals surface area contributed by atoms with Crippen molar-refractivity contribution in [2.24, 2.45) is 5.73 Å². The third-order valence-corrected chi connectivity index (χ3v) is 3.33. The monoisotopic (exact) mass is 320 g/mol. The Morgan fingerprint density at radius 2 is 2.00 bits per heavy atom. The zero-order valence-corrected chi connectivity index (χ0v) is 14.0. The lowest BCUT2D eigenvalue weighted by Gasteiger charge is -2.23. The molecule has 1 rings (SSSR count). The second kappa shape index (κ2) is 8.22. The summed E-state index contributed by atoms with van der Waals surface area (Å²) in [6.45, 7) is 5.72. The SMILES string of the molecule is CCC(C)(C)NC(=O)/C=C/c1ccc(OCC(N)=O)c(OC)c1. The molecule has 0 aromatic heterocycles. The van der Waals surface area contributed by atoms with E-state index in [0.717, 1.165) is 12.0 Å². The fourth-order valence-corrected chi connectivity index (χ4v) is 1.69. The van der Waals surface area contributed by atoms with Crippen molar-refractivity contribution in [2.75, 3.05) is 13.7 Å². The minimum atomic E-state index is -0.564. The van der Waals surface area contributed by atoms with Crippen LogP contribution in [0, 0.1) is 0 Å². The molecule has 0 aliphatic heterocycles. The highest BCUT2D eigenvalue weighted by molar-refractivity contribution is 5.92. The number of rotatable bonds is 8. The number of nitrogens with two attached hydrogens (primary N) is 1. The molecule has 0 bridgehead atoms. The molecule has 0 saturated heterocycles. The molecule has 0 radical (unpaired) electrons. The van der Waals surface area contributed by atoms with E-state index in [-0.39, 0.29) is 18.1 Å². The molecule has 0 aliphatic carbocycles. The second-order valence-electron chi connectivity index (χ2n) is 5.73. The van der Waals surface area contributed by atoms with E-state index in [1.165, 1.54) is 13.2 Å². The summed E-state index contributed by atoms with van der Waals surface area (Å²) in [7, 11) is 1.50. The Bertz CT molecular complexity index is 594. The van der Waals surface area contributed by atoms with Gasteiger partial charge in [0.25, 0.3) is 5.91 Å². The van der Waals surface area contributed by atoms with Crippen molar-refractivity contribution < 1.29 is 19.1 Å². The van der Waals surface area contributed by atoms with Crippen molar-refractivity contribution in [1.82, 2.24) is 5.32 Å². The molecular weight excluding hydrogens is 296 g/mol. The number of methoxy groups -OCH3 is 1. The van der Waals surface area contributed by atoms with Crippen molar-refractivity contribution in [1.29, 1.82) is 0 Å². The van der Waals surface area contributed by atoms with Gasteiger partial charge in [0.1, 0.15) is 0 Å². The third kappa shape index (κ3) is 6.42. The molecule has 6 nitrogen and oxygen atoms in total. The van der Waals surface area contributed by atoms with E-state index in [4.69, 9.17) is 15.2 Å². The summed E-state index contributed by atoms with van der Waals surface area (Å²) in [6, 6.07) is 5.13. The van der Waals surface area contributed by atoms with Crippen LogP contribution in [-0.4, -0.2) is 31.1 Å². The lowest BCUT2D eigenvalue weighted by Crippen LogP contribution is -2.41. The molecule has 0 atom stereocenters. The number of carbonyl (C=O) groups excluding carboxylic acids is 2. The van der Waals surface area contributed by atoms with Crippen LogP contribution in [0.5, 0.6) is 11.5 Å². The van der Waals surface area contributed by atoms with E-state index in [1.807, 2.05) is 20.8 Å². The van der Waals surface area contributed by atoms with Crippen molar-refractivity contribution in [3.8, 4) is 11.5 Å². The quantitative estimate of drug-likeness (QED) is 0.716. The molecule has 0 unspecified atom stereocenters. The first-order chi connectivity index (χ1) is 10.8. The van der Waals surface area contributed by atoms with Crippen molar-refractivity contribution in [3.05, 3.63) is 29.8 Å². The number of ether oxygens (including phenoxy) is 2. The number of carbonyl (C=O) groups is 2. The van der Waals surface area contributed by atoms with Crippen LogP contribution in [0.3, 0.4) is 0 Å². The van der Waals surface area contributed by atoms with Crippen molar-refractivity contribution >= 4 is 17.9 Å². The first-order valence-electron chi connectivity index (χ1n) is 7.37. The van der Waals surface area contributed by atoms with E-state index in [0.29, 0.717) is 11.5 Å². The summed E-state index contributed by atoms with van der Waals surface area (Å²) in [4.78, 5) is 22.6. The fourth-order valence-electron chi connectivity index (χ4n) is 1.69. The molecule has 0 spiro atoms. The topological polar surface area (TPSA) is 90.6 Å². The normalized spacial score (nSPS) is 11.3. The van der Waals surface area contributed by atoms with Gasteiger partial charge >= 0.3 is 0 Å². The number of benzene rings is 1. The van der Waals surface area contributed by atoms with Gasteiger partial charge in [0.2, 0.25) is 5.91 Å². The lowest BCUT2D eigenvalue weighted by molar-refractivity contribution is -0.120.